The van der Waals surface area contributed by atoms with E-state index >= 15 is 0 Å². The largest absolute Gasteiger partial charge is 0.497 e. The molecule has 0 aromatic heterocycles. The zero-order valence-corrected chi connectivity index (χ0v) is 13.9. The highest BCUT2D eigenvalue weighted by Crippen LogP contribution is 2.17. The van der Waals surface area contributed by atoms with E-state index in [1.165, 1.54) is 5.01 Å². The van der Waals surface area contributed by atoms with E-state index in [9.17, 15) is 9.59 Å². The van der Waals surface area contributed by atoms with Gasteiger partial charge in [0.2, 0.25) is 5.84 Å². The number of benzene rings is 2. The van der Waals surface area contributed by atoms with Crippen LogP contribution in [0.25, 0.3) is 0 Å². The van der Waals surface area contributed by atoms with Crippen molar-refractivity contribution >= 4 is 29.0 Å². The molecule has 2 aromatic rings. The molecule has 2 N–H and O–H groups in total. The second-order valence-corrected chi connectivity index (χ2v) is 5.52. The molecule has 0 radical (unpaired) electrons. The molecule has 0 bridgehead atoms. The molecule has 1 heterocycles. The van der Waals surface area contributed by atoms with Crippen LogP contribution in [0, 0.1) is 6.92 Å². The third-order valence-electron chi connectivity index (χ3n) is 3.69. The van der Waals surface area contributed by atoms with Gasteiger partial charge in [-0.05, 0) is 43.3 Å². The number of ether oxygens (including phenoxy) is 1. The number of methoxy groups -OCH3 is 1. The summed E-state index contributed by atoms with van der Waals surface area (Å²) in [5.41, 5.74) is 5.12. The zero-order valence-electron chi connectivity index (χ0n) is 13.9. The van der Waals surface area contributed by atoms with Crippen LogP contribution < -0.4 is 20.5 Å². The molecule has 0 atom stereocenters. The minimum atomic E-state index is -0.422. The Morgan fingerprint density at radius 1 is 1.16 bits per heavy atom. The van der Waals surface area contributed by atoms with E-state index in [2.05, 4.69) is 15.7 Å². The predicted molar refractivity (Wildman–Crippen MR) is 95.7 cm³/mol. The maximum atomic E-state index is 12.4. The molecule has 25 heavy (non-hydrogen) atoms. The molecule has 128 valence electrons. The van der Waals surface area contributed by atoms with Gasteiger partial charge in [-0.1, -0.05) is 17.7 Å². The molecule has 7 heteroatoms. The number of hydrazine groups is 1. The van der Waals surface area contributed by atoms with Crippen molar-refractivity contribution in [3.8, 4) is 5.75 Å². The molecular formula is C18H18N4O3. The lowest BCUT2D eigenvalue weighted by Gasteiger charge is -2.27. The van der Waals surface area contributed by atoms with Gasteiger partial charge in [0.1, 0.15) is 12.3 Å². The SMILES string of the molecule is COc1ccc(NC(=O)C2=NCC(=O)N(c3ccc(C)cc3)N2)cc1. The highest BCUT2D eigenvalue weighted by Gasteiger charge is 2.25. The number of nitrogens with one attached hydrogen (secondary N) is 2. The lowest BCUT2D eigenvalue weighted by molar-refractivity contribution is -0.118. The Balaban J connectivity index is 1.72. The molecule has 0 saturated heterocycles. The number of carbonyl (C=O) groups is 2. The Kier molecular flexibility index (Phi) is 4.65. The fraction of sp³-hybridized carbons (Fsp3) is 0.167. The third-order valence-corrected chi connectivity index (χ3v) is 3.69. The summed E-state index contributed by atoms with van der Waals surface area (Å²) in [6.07, 6.45) is 0. The van der Waals surface area contributed by atoms with Gasteiger partial charge in [-0.3, -0.25) is 20.0 Å². The summed E-state index contributed by atoms with van der Waals surface area (Å²) in [4.78, 5) is 28.5. The molecule has 0 saturated carbocycles. The molecular weight excluding hydrogens is 320 g/mol. The van der Waals surface area contributed by atoms with Crippen LogP contribution in [0.15, 0.2) is 53.5 Å². The molecule has 2 amide bonds. The zero-order chi connectivity index (χ0) is 17.8. The lowest BCUT2D eigenvalue weighted by atomic mass is 10.2. The molecule has 2 aromatic carbocycles. The fourth-order valence-corrected chi connectivity index (χ4v) is 2.31. The first-order valence-corrected chi connectivity index (χ1v) is 7.73. The van der Waals surface area contributed by atoms with Crippen molar-refractivity contribution in [2.45, 2.75) is 6.92 Å². The lowest BCUT2D eigenvalue weighted by Crippen LogP contribution is -2.54. The number of anilines is 2. The molecule has 7 nitrogen and oxygen atoms in total. The Morgan fingerprint density at radius 2 is 1.84 bits per heavy atom. The quantitative estimate of drug-likeness (QED) is 0.892. The van der Waals surface area contributed by atoms with Gasteiger partial charge in [-0.15, -0.1) is 0 Å². The van der Waals surface area contributed by atoms with Crippen molar-refractivity contribution in [3.05, 3.63) is 54.1 Å². The Morgan fingerprint density at radius 3 is 2.48 bits per heavy atom. The summed E-state index contributed by atoms with van der Waals surface area (Å²) in [7, 11) is 1.57. The van der Waals surface area contributed by atoms with E-state index in [0.29, 0.717) is 17.1 Å². The molecule has 1 aliphatic rings. The Hall–Kier alpha value is -3.35. The summed E-state index contributed by atoms with van der Waals surface area (Å²) in [6.45, 7) is 1.87. The third kappa shape index (κ3) is 3.77. The van der Waals surface area contributed by atoms with Gasteiger partial charge in [0, 0.05) is 5.69 Å². The van der Waals surface area contributed by atoms with E-state index in [4.69, 9.17) is 4.74 Å². The Labute approximate surface area is 145 Å². The highest BCUT2D eigenvalue weighted by atomic mass is 16.5. The second-order valence-electron chi connectivity index (χ2n) is 5.52. The van der Waals surface area contributed by atoms with Gasteiger partial charge < -0.3 is 10.1 Å². The van der Waals surface area contributed by atoms with Crippen LogP contribution >= 0.6 is 0 Å². The number of rotatable bonds is 4. The maximum absolute atomic E-state index is 12.4. The first-order valence-electron chi connectivity index (χ1n) is 7.73. The van der Waals surface area contributed by atoms with Crippen molar-refractivity contribution in [1.82, 2.24) is 5.43 Å². The van der Waals surface area contributed by atoms with E-state index < -0.39 is 5.91 Å². The van der Waals surface area contributed by atoms with Gasteiger partial charge in [-0.2, -0.15) is 0 Å². The maximum Gasteiger partial charge on any atom is 0.292 e. The van der Waals surface area contributed by atoms with Gasteiger partial charge in [0.25, 0.3) is 11.8 Å². The number of nitrogens with zero attached hydrogens (tertiary/aromatic N) is 2. The van der Waals surface area contributed by atoms with Crippen molar-refractivity contribution in [2.24, 2.45) is 4.99 Å². The standard InChI is InChI=1S/C18H18N4O3/c1-12-3-7-14(8-4-12)22-16(23)11-19-17(21-22)18(24)20-13-5-9-15(25-2)10-6-13/h3-10H,11H2,1-2H3,(H,19,21)(H,20,24). The molecule has 0 aliphatic carbocycles. The second kappa shape index (κ2) is 7.04. The van der Waals surface area contributed by atoms with Crippen molar-refractivity contribution < 1.29 is 14.3 Å². The molecule has 0 spiro atoms. The number of aryl methyl sites for hydroxylation is 1. The van der Waals surface area contributed by atoms with Gasteiger partial charge >= 0.3 is 0 Å². The fourth-order valence-electron chi connectivity index (χ4n) is 2.31. The number of hydrogen-bond donors (Lipinski definition) is 2. The first-order chi connectivity index (χ1) is 12.1. The van der Waals surface area contributed by atoms with Crippen molar-refractivity contribution in [3.63, 3.8) is 0 Å². The molecule has 3 rings (SSSR count). The molecule has 0 fully saturated rings. The summed E-state index contributed by atoms with van der Waals surface area (Å²) in [5, 5.41) is 4.06. The summed E-state index contributed by atoms with van der Waals surface area (Å²) in [6, 6.07) is 14.4. The van der Waals surface area contributed by atoms with Gasteiger partial charge in [0.05, 0.1) is 12.8 Å². The van der Waals surface area contributed by atoms with Crippen LogP contribution in [0.2, 0.25) is 0 Å². The van der Waals surface area contributed by atoms with E-state index in [0.717, 1.165) is 5.56 Å². The Bertz CT molecular complexity index is 813. The number of amides is 2. The normalized spacial score (nSPS) is 13.8. The van der Waals surface area contributed by atoms with E-state index in [1.807, 2.05) is 31.2 Å². The van der Waals surface area contributed by atoms with Crippen LogP contribution in [0.5, 0.6) is 5.75 Å². The van der Waals surface area contributed by atoms with Crippen molar-refractivity contribution in [2.75, 3.05) is 24.0 Å². The molecule has 0 unspecified atom stereocenters. The monoisotopic (exact) mass is 338 g/mol. The first kappa shape index (κ1) is 16.5. The minimum Gasteiger partial charge on any atom is -0.497 e. The van der Waals surface area contributed by atoms with Crippen LogP contribution in [-0.4, -0.2) is 31.3 Å². The average molecular weight is 338 g/mol. The minimum absolute atomic E-state index is 0.0796. The molecule has 1 aliphatic heterocycles. The van der Waals surface area contributed by atoms with Crippen LogP contribution in [-0.2, 0) is 9.59 Å². The smallest absolute Gasteiger partial charge is 0.292 e. The summed E-state index contributed by atoms with van der Waals surface area (Å²) < 4.78 is 5.08. The number of aliphatic imine (C=N–C) groups is 1. The number of amidine groups is 1. The van der Waals surface area contributed by atoms with E-state index in [-0.39, 0.29) is 18.3 Å². The van der Waals surface area contributed by atoms with Gasteiger partial charge in [0.15, 0.2) is 0 Å². The van der Waals surface area contributed by atoms with Crippen molar-refractivity contribution in [1.29, 1.82) is 0 Å². The van der Waals surface area contributed by atoms with Gasteiger partial charge in [-0.25, -0.2) is 5.01 Å². The number of carbonyl (C=O) groups excluding carboxylic acids is 2. The van der Waals surface area contributed by atoms with Crippen LogP contribution in [0.4, 0.5) is 11.4 Å². The predicted octanol–water partition coefficient (Wildman–Crippen LogP) is 1.89. The van der Waals surface area contributed by atoms with E-state index in [1.54, 1.807) is 31.4 Å². The summed E-state index contributed by atoms with van der Waals surface area (Å²) >= 11 is 0. The van der Waals surface area contributed by atoms with Crippen LogP contribution in [0.1, 0.15) is 5.56 Å². The van der Waals surface area contributed by atoms with Crippen LogP contribution in [0.3, 0.4) is 0 Å². The topological polar surface area (TPSA) is 83.0 Å². The summed E-state index contributed by atoms with van der Waals surface area (Å²) in [5.74, 6) is 0.123. The number of hydrogen-bond acceptors (Lipinski definition) is 5. The average Bonchev–Trinajstić information content (AvgIpc) is 2.63. The highest BCUT2D eigenvalue weighted by molar-refractivity contribution is 6.43.